The van der Waals surface area contributed by atoms with Gasteiger partial charge in [0.25, 0.3) is 0 Å². The third kappa shape index (κ3) is 5.93. The van der Waals surface area contributed by atoms with Crippen molar-refractivity contribution in [1.82, 2.24) is 10.2 Å². The number of nitrogens with zero attached hydrogens (tertiary/aromatic N) is 1. The summed E-state index contributed by atoms with van der Waals surface area (Å²) in [4.78, 5) is 14.5. The SMILES string of the molecule is CCN(CC)[C@@H](CNC(=O)Nc1ccc(S(N)(=O)=O)cc1)c1ccccc1Cl. The minimum atomic E-state index is -3.77. The normalized spacial score (nSPS) is 12.6. The summed E-state index contributed by atoms with van der Waals surface area (Å²) in [7, 11) is -3.77. The third-order valence-corrected chi connectivity index (χ3v) is 5.69. The first-order valence-corrected chi connectivity index (χ1v) is 10.8. The predicted molar refractivity (Wildman–Crippen MR) is 112 cm³/mol. The average Bonchev–Trinajstić information content (AvgIpc) is 2.65. The van der Waals surface area contributed by atoms with E-state index in [0.29, 0.717) is 17.3 Å². The van der Waals surface area contributed by atoms with Crippen molar-refractivity contribution in [1.29, 1.82) is 0 Å². The second-order valence-electron chi connectivity index (χ2n) is 6.16. The number of hydrogen-bond donors (Lipinski definition) is 3. The Kier molecular flexibility index (Phi) is 7.82. The van der Waals surface area contributed by atoms with Crippen LogP contribution in [0.1, 0.15) is 25.5 Å². The van der Waals surface area contributed by atoms with Gasteiger partial charge >= 0.3 is 6.03 Å². The molecule has 0 saturated carbocycles. The fourth-order valence-corrected chi connectivity index (χ4v) is 3.72. The Morgan fingerprint density at radius 3 is 2.25 bits per heavy atom. The van der Waals surface area contributed by atoms with Gasteiger partial charge in [-0.05, 0) is 49.0 Å². The molecule has 0 radical (unpaired) electrons. The molecule has 0 aliphatic rings. The molecule has 2 rings (SSSR count). The van der Waals surface area contributed by atoms with E-state index in [9.17, 15) is 13.2 Å². The second-order valence-corrected chi connectivity index (χ2v) is 8.13. The van der Waals surface area contributed by atoms with Crippen molar-refractivity contribution in [3.05, 3.63) is 59.1 Å². The number of halogens is 1. The van der Waals surface area contributed by atoms with E-state index >= 15 is 0 Å². The molecule has 152 valence electrons. The summed E-state index contributed by atoms with van der Waals surface area (Å²) in [6.07, 6.45) is 0. The van der Waals surface area contributed by atoms with Crippen molar-refractivity contribution in [2.24, 2.45) is 5.14 Å². The second kappa shape index (κ2) is 9.88. The number of nitrogens with one attached hydrogen (secondary N) is 2. The first kappa shape index (κ1) is 22.2. The molecule has 9 heteroatoms. The van der Waals surface area contributed by atoms with Crippen LogP contribution < -0.4 is 15.8 Å². The van der Waals surface area contributed by atoms with E-state index < -0.39 is 16.1 Å². The molecular weight excluding hydrogens is 400 g/mol. The Morgan fingerprint density at radius 2 is 1.71 bits per heavy atom. The summed E-state index contributed by atoms with van der Waals surface area (Å²) >= 11 is 6.36. The Morgan fingerprint density at radius 1 is 1.11 bits per heavy atom. The maximum absolute atomic E-state index is 12.3. The maximum Gasteiger partial charge on any atom is 0.319 e. The van der Waals surface area contributed by atoms with Crippen LogP contribution in [0.15, 0.2) is 53.4 Å². The van der Waals surface area contributed by atoms with Gasteiger partial charge in [0.15, 0.2) is 0 Å². The molecule has 2 aromatic rings. The first-order chi connectivity index (χ1) is 13.3. The van der Waals surface area contributed by atoms with Crippen LogP contribution in [0.3, 0.4) is 0 Å². The number of carbonyl (C=O) groups excluding carboxylic acids is 1. The molecule has 0 fully saturated rings. The van der Waals surface area contributed by atoms with Crippen molar-refractivity contribution in [3.63, 3.8) is 0 Å². The van der Waals surface area contributed by atoms with Gasteiger partial charge in [0.05, 0.1) is 10.9 Å². The van der Waals surface area contributed by atoms with E-state index in [1.165, 1.54) is 24.3 Å². The zero-order valence-corrected chi connectivity index (χ0v) is 17.4. The molecular formula is C19H25ClN4O3S. The average molecular weight is 425 g/mol. The lowest BCUT2D eigenvalue weighted by Crippen LogP contribution is -2.39. The minimum Gasteiger partial charge on any atom is -0.336 e. The molecule has 0 unspecified atom stereocenters. The van der Waals surface area contributed by atoms with Gasteiger partial charge in [-0.25, -0.2) is 18.4 Å². The molecule has 0 spiro atoms. The number of benzene rings is 2. The molecule has 28 heavy (non-hydrogen) atoms. The zero-order valence-electron chi connectivity index (χ0n) is 15.9. The van der Waals surface area contributed by atoms with E-state index in [4.69, 9.17) is 16.7 Å². The fourth-order valence-electron chi connectivity index (χ4n) is 2.94. The molecule has 0 saturated heterocycles. The number of primary sulfonamides is 1. The quantitative estimate of drug-likeness (QED) is 0.605. The monoisotopic (exact) mass is 424 g/mol. The summed E-state index contributed by atoms with van der Waals surface area (Å²) in [5.74, 6) is 0. The topological polar surface area (TPSA) is 105 Å². The molecule has 0 heterocycles. The highest BCUT2D eigenvalue weighted by molar-refractivity contribution is 7.89. The number of amides is 2. The lowest BCUT2D eigenvalue weighted by Gasteiger charge is -2.30. The predicted octanol–water partition coefficient (Wildman–Crippen LogP) is 3.19. The maximum atomic E-state index is 12.3. The molecule has 2 amide bonds. The standard InChI is InChI=1S/C19H25ClN4O3S/c1-3-24(4-2)18(16-7-5-6-8-17(16)20)13-22-19(25)23-14-9-11-15(12-10-14)28(21,26)27/h5-12,18H,3-4,13H2,1-2H3,(H2,21,26,27)(H2,22,23,25)/t18-/m0/s1. The van der Waals surface area contributed by atoms with Gasteiger partial charge in [-0.1, -0.05) is 43.6 Å². The number of rotatable bonds is 8. The van der Waals surface area contributed by atoms with Crippen LogP contribution in [0.2, 0.25) is 5.02 Å². The number of nitrogens with two attached hydrogens (primary N) is 1. The fraction of sp³-hybridized carbons (Fsp3) is 0.316. The van der Waals surface area contributed by atoms with Crippen molar-refractivity contribution < 1.29 is 13.2 Å². The summed E-state index contributed by atoms with van der Waals surface area (Å²) in [5, 5.41) is 11.3. The molecule has 1 atom stereocenters. The van der Waals surface area contributed by atoms with Crippen LogP contribution >= 0.6 is 11.6 Å². The third-order valence-electron chi connectivity index (χ3n) is 4.41. The highest BCUT2D eigenvalue weighted by atomic mass is 35.5. The van der Waals surface area contributed by atoms with Crippen molar-refractivity contribution in [3.8, 4) is 0 Å². The van der Waals surface area contributed by atoms with E-state index in [-0.39, 0.29) is 10.9 Å². The van der Waals surface area contributed by atoms with E-state index in [1.54, 1.807) is 0 Å². The van der Waals surface area contributed by atoms with Crippen LogP contribution in [0.5, 0.6) is 0 Å². The smallest absolute Gasteiger partial charge is 0.319 e. The van der Waals surface area contributed by atoms with Crippen LogP contribution in [0.4, 0.5) is 10.5 Å². The van der Waals surface area contributed by atoms with Gasteiger partial charge in [-0.2, -0.15) is 0 Å². The minimum absolute atomic E-state index is 0.0150. The van der Waals surface area contributed by atoms with E-state index in [1.807, 2.05) is 24.3 Å². The Labute approximate surface area is 170 Å². The number of urea groups is 1. The summed E-state index contributed by atoms with van der Waals surface area (Å²) < 4.78 is 22.6. The number of likely N-dealkylation sites (N-methyl/N-ethyl adjacent to an activating group) is 1. The van der Waals surface area contributed by atoms with Gasteiger partial charge in [0.2, 0.25) is 10.0 Å². The summed E-state index contributed by atoms with van der Waals surface area (Å²) in [6, 6.07) is 12.8. The number of hydrogen-bond acceptors (Lipinski definition) is 4. The summed E-state index contributed by atoms with van der Waals surface area (Å²) in [6.45, 7) is 6.10. The van der Waals surface area contributed by atoms with Crippen LogP contribution in [-0.2, 0) is 10.0 Å². The number of carbonyl (C=O) groups is 1. The molecule has 0 aromatic heterocycles. The van der Waals surface area contributed by atoms with Crippen LogP contribution in [-0.4, -0.2) is 39.0 Å². The van der Waals surface area contributed by atoms with Crippen LogP contribution in [0.25, 0.3) is 0 Å². The van der Waals surface area contributed by atoms with Gasteiger partial charge in [0, 0.05) is 17.3 Å². The highest BCUT2D eigenvalue weighted by Gasteiger charge is 2.21. The number of sulfonamides is 1. The van der Waals surface area contributed by atoms with Crippen molar-refractivity contribution in [2.75, 3.05) is 25.0 Å². The number of anilines is 1. The van der Waals surface area contributed by atoms with Crippen LogP contribution in [0, 0.1) is 0 Å². The molecule has 4 N–H and O–H groups in total. The molecule has 0 aliphatic heterocycles. The molecule has 0 aliphatic carbocycles. The first-order valence-electron chi connectivity index (χ1n) is 8.92. The zero-order chi connectivity index (χ0) is 20.7. The highest BCUT2D eigenvalue weighted by Crippen LogP contribution is 2.27. The Balaban J connectivity index is 2.06. The lowest BCUT2D eigenvalue weighted by molar-refractivity contribution is 0.210. The van der Waals surface area contributed by atoms with Gasteiger partial charge in [-0.15, -0.1) is 0 Å². The lowest BCUT2D eigenvalue weighted by atomic mass is 10.0. The van der Waals surface area contributed by atoms with E-state index in [2.05, 4.69) is 29.4 Å². The van der Waals surface area contributed by atoms with Gasteiger partial charge in [-0.3, -0.25) is 4.90 Å². The Bertz CT molecular complexity index is 900. The van der Waals surface area contributed by atoms with E-state index in [0.717, 1.165) is 18.7 Å². The van der Waals surface area contributed by atoms with Crippen molar-refractivity contribution in [2.45, 2.75) is 24.8 Å². The molecule has 2 aromatic carbocycles. The Hall–Kier alpha value is -2.13. The van der Waals surface area contributed by atoms with Gasteiger partial charge < -0.3 is 10.6 Å². The van der Waals surface area contributed by atoms with Gasteiger partial charge in [0.1, 0.15) is 0 Å². The van der Waals surface area contributed by atoms with Crippen molar-refractivity contribution >= 4 is 33.3 Å². The largest absolute Gasteiger partial charge is 0.336 e. The molecule has 7 nitrogen and oxygen atoms in total. The molecule has 0 bridgehead atoms. The summed E-state index contributed by atoms with van der Waals surface area (Å²) in [5.41, 5.74) is 1.41.